The topological polar surface area (TPSA) is 48.4 Å². The molecule has 0 aromatic carbocycles. The van der Waals surface area contributed by atoms with E-state index in [-0.39, 0.29) is 0 Å². The van der Waals surface area contributed by atoms with Gasteiger partial charge in [-0.15, -0.1) is 0 Å². The lowest BCUT2D eigenvalue weighted by Gasteiger charge is -2.25. The second-order valence-electron chi connectivity index (χ2n) is 4.84. The Labute approximate surface area is 103 Å². The summed E-state index contributed by atoms with van der Waals surface area (Å²) >= 11 is 0. The summed E-state index contributed by atoms with van der Waals surface area (Å²) in [7, 11) is 2.15. The Bertz CT molecular complexity index is 342. The summed E-state index contributed by atoms with van der Waals surface area (Å²) in [5.41, 5.74) is 1.27. The van der Waals surface area contributed by atoms with Crippen molar-refractivity contribution in [1.82, 2.24) is 15.2 Å². The zero-order valence-electron chi connectivity index (χ0n) is 10.5. The zero-order chi connectivity index (χ0) is 12.3. The highest BCUT2D eigenvalue weighted by Crippen LogP contribution is 2.35. The molecular weight excluding hydrogens is 214 g/mol. The molecule has 1 aromatic heterocycles. The van der Waals surface area contributed by atoms with Crippen molar-refractivity contribution in [3.05, 3.63) is 30.1 Å². The number of aliphatic hydroxyl groups excluding tert-OH is 1. The van der Waals surface area contributed by atoms with Crippen molar-refractivity contribution in [2.24, 2.45) is 5.92 Å². The lowest BCUT2D eigenvalue weighted by atomic mass is 9.95. The highest BCUT2D eigenvalue weighted by Gasteiger charge is 2.32. The number of likely N-dealkylation sites (tertiary alicyclic amines) is 1. The Hall–Kier alpha value is -0.970. The number of pyridine rings is 1. The van der Waals surface area contributed by atoms with E-state index < -0.39 is 6.23 Å². The molecule has 0 radical (unpaired) electrons. The fraction of sp³-hybridized carbons (Fsp3) is 0.615. The van der Waals surface area contributed by atoms with Gasteiger partial charge in [0.1, 0.15) is 6.23 Å². The second-order valence-corrected chi connectivity index (χ2v) is 4.84. The Morgan fingerprint density at radius 3 is 3.12 bits per heavy atom. The molecule has 94 valence electrons. The van der Waals surface area contributed by atoms with E-state index in [1.165, 1.54) is 5.56 Å². The number of hydrogen-bond acceptors (Lipinski definition) is 4. The Kier molecular flexibility index (Phi) is 4.10. The van der Waals surface area contributed by atoms with E-state index >= 15 is 0 Å². The van der Waals surface area contributed by atoms with Crippen LogP contribution < -0.4 is 5.32 Å². The second kappa shape index (κ2) is 5.58. The molecule has 0 bridgehead atoms. The van der Waals surface area contributed by atoms with Gasteiger partial charge < -0.3 is 5.11 Å². The molecular formula is C13H21N3O. The Morgan fingerprint density at radius 2 is 2.47 bits per heavy atom. The van der Waals surface area contributed by atoms with E-state index in [1.54, 1.807) is 6.92 Å². The monoisotopic (exact) mass is 235 g/mol. The predicted octanol–water partition coefficient (Wildman–Crippen LogP) is 1.00. The molecule has 1 aliphatic rings. The summed E-state index contributed by atoms with van der Waals surface area (Å²) in [6, 6.07) is 4.53. The first-order valence-corrected chi connectivity index (χ1v) is 6.20. The van der Waals surface area contributed by atoms with Gasteiger partial charge in [-0.2, -0.15) is 0 Å². The third-order valence-electron chi connectivity index (χ3n) is 3.48. The van der Waals surface area contributed by atoms with Gasteiger partial charge in [0.2, 0.25) is 0 Å². The largest absolute Gasteiger partial charge is 0.379 e. The van der Waals surface area contributed by atoms with Crippen LogP contribution in [0.15, 0.2) is 24.5 Å². The summed E-state index contributed by atoms with van der Waals surface area (Å²) < 4.78 is 0. The summed E-state index contributed by atoms with van der Waals surface area (Å²) in [5, 5.41) is 12.4. The van der Waals surface area contributed by atoms with E-state index in [9.17, 15) is 5.11 Å². The molecule has 0 saturated carbocycles. The van der Waals surface area contributed by atoms with Crippen LogP contribution in [0, 0.1) is 5.92 Å². The molecule has 1 aromatic rings. The minimum atomic E-state index is -0.435. The van der Waals surface area contributed by atoms with Gasteiger partial charge in [0.05, 0.1) is 0 Å². The fourth-order valence-electron chi connectivity index (χ4n) is 2.64. The summed E-state index contributed by atoms with van der Waals surface area (Å²) in [6.07, 6.45) is 4.48. The van der Waals surface area contributed by atoms with Crippen LogP contribution in [0.2, 0.25) is 0 Å². The number of rotatable bonds is 4. The van der Waals surface area contributed by atoms with Crippen molar-refractivity contribution >= 4 is 0 Å². The van der Waals surface area contributed by atoms with Crippen LogP contribution in [-0.2, 0) is 0 Å². The van der Waals surface area contributed by atoms with Crippen LogP contribution in [-0.4, -0.2) is 41.4 Å². The standard InChI is InChI=1S/C13H21N3O/c1-10(17)15-9-12-5-7-16(2)13(12)11-4-3-6-14-8-11/h3-4,6,8,10,12-13,15,17H,5,7,9H2,1-2H3/t10?,12?,13-/m1/s1. The number of hydrogen-bond donors (Lipinski definition) is 2. The van der Waals surface area contributed by atoms with Crippen LogP contribution in [0.5, 0.6) is 0 Å². The van der Waals surface area contributed by atoms with Crippen LogP contribution in [0.25, 0.3) is 0 Å². The van der Waals surface area contributed by atoms with E-state index in [2.05, 4.69) is 28.3 Å². The van der Waals surface area contributed by atoms with Crippen LogP contribution in [0.4, 0.5) is 0 Å². The molecule has 1 fully saturated rings. The molecule has 4 nitrogen and oxygen atoms in total. The Morgan fingerprint density at radius 1 is 1.65 bits per heavy atom. The smallest absolute Gasteiger partial charge is 0.102 e. The van der Waals surface area contributed by atoms with E-state index in [1.807, 2.05) is 18.5 Å². The molecule has 4 heteroatoms. The summed E-state index contributed by atoms with van der Waals surface area (Å²) in [5.74, 6) is 0.541. The van der Waals surface area contributed by atoms with Gasteiger partial charge in [-0.1, -0.05) is 6.07 Å². The molecule has 2 N–H and O–H groups in total. The molecule has 0 amide bonds. The molecule has 0 spiro atoms. The number of nitrogens with zero attached hydrogens (tertiary/aromatic N) is 2. The predicted molar refractivity (Wildman–Crippen MR) is 67.4 cm³/mol. The van der Waals surface area contributed by atoms with Gasteiger partial charge >= 0.3 is 0 Å². The maximum absolute atomic E-state index is 9.30. The van der Waals surface area contributed by atoms with Crippen molar-refractivity contribution in [1.29, 1.82) is 0 Å². The average Bonchev–Trinajstić information content (AvgIpc) is 2.69. The van der Waals surface area contributed by atoms with Gasteiger partial charge in [0, 0.05) is 25.0 Å². The highest BCUT2D eigenvalue weighted by atomic mass is 16.3. The molecule has 2 unspecified atom stereocenters. The maximum Gasteiger partial charge on any atom is 0.102 e. The van der Waals surface area contributed by atoms with Crippen LogP contribution in [0.3, 0.4) is 0 Å². The van der Waals surface area contributed by atoms with Gasteiger partial charge in [0.25, 0.3) is 0 Å². The SMILES string of the molecule is CC(O)NCC1CCN(C)[C@@H]1c1cccnc1. The van der Waals surface area contributed by atoms with Gasteiger partial charge in [-0.3, -0.25) is 15.2 Å². The molecule has 1 aliphatic heterocycles. The number of nitrogens with one attached hydrogen (secondary N) is 1. The van der Waals surface area contributed by atoms with Crippen molar-refractivity contribution in [2.45, 2.75) is 25.6 Å². The zero-order valence-corrected chi connectivity index (χ0v) is 10.5. The lowest BCUT2D eigenvalue weighted by Crippen LogP contribution is -2.33. The molecule has 2 rings (SSSR count). The summed E-state index contributed by atoms with van der Waals surface area (Å²) in [6.45, 7) is 3.71. The normalized spacial score (nSPS) is 27.2. The number of aliphatic hydroxyl groups is 1. The molecule has 17 heavy (non-hydrogen) atoms. The summed E-state index contributed by atoms with van der Waals surface area (Å²) in [4.78, 5) is 6.56. The van der Waals surface area contributed by atoms with Crippen LogP contribution in [0.1, 0.15) is 24.9 Å². The number of aromatic nitrogens is 1. The van der Waals surface area contributed by atoms with E-state index in [0.29, 0.717) is 12.0 Å². The third-order valence-corrected chi connectivity index (χ3v) is 3.48. The molecule has 2 heterocycles. The molecule has 1 saturated heterocycles. The van der Waals surface area contributed by atoms with Gasteiger partial charge in [-0.05, 0) is 44.5 Å². The first-order valence-electron chi connectivity index (χ1n) is 6.20. The van der Waals surface area contributed by atoms with Crippen molar-refractivity contribution < 1.29 is 5.11 Å². The van der Waals surface area contributed by atoms with Gasteiger partial charge in [0.15, 0.2) is 0 Å². The van der Waals surface area contributed by atoms with Gasteiger partial charge in [-0.25, -0.2) is 0 Å². The van der Waals surface area contributed by atoms with Crippen molar-refractivity contribution in [3.63, 3.8) is 0 Å². The molecule has 3 atom stereocenters. The maximum atomic E-state index is 9.30. The first-order chi connectivity index (χ1) is 8.18. The third kappa shape index (κ3) is 3.03. The van der Waals surface area contributed by atoms with E-state index in [0.717, 1.165) is 19.5 Å². The minimum absolute atomic E-state index is 0.412. The van der Waals surface area contributed by atoms with Crippen molar-refractivity contribution in [3.8, 4) is 0 Å². The Balaban J connectivity index is 2.07. The average molecular weight is 235 g/mol. The lowest BCUT2D eigenvalue weighted by molar-refractivity contribution is 0.144. The van der Waals surface area contributed by atoms with Crippen LogP contribution >= 0.6 is 0 Å². The van der Waals surface area contributed by atoms with Crippen molar-refractivity contribution in [2.75, 3.05) is 20.1 Å². The highest BCUT2D eigenvalue weighted by molar-refractivity contribution is 5.16. The quantitative estimate of drug-likeness (QED) is 0.765. The van der Waals surface area contributed by atoms with E-state index in [4.69, 9.17) is 0 Å². The fourth-order valence-corrected chi connectivity index (χ4v) is 2.64. The first kappa shape index (κ1) is 12.5. The minimum Gasteiger partial charge on any atom is -0.379 e. The molecule has 0 aliphatic carbocycles.